The quantitative estimate of drug-likeness (QED) is 0.663. The van der Waals surface area contributed by atoms with E-state index in [0.29, 0.717) is 18.8 Å². The first-order chi connectivity index (χ1) is 12.4. The lowest BCUT2D eigenvalue weighted by atomic mass is 9.43. The number of aldehydes is 1. The van der Waals surface area contributed by atoms with Crippen molar-refractivity contribution >= 4 is 12.1 Å². The average molecular weight is 364 g/mol. The van der Waals surface area contributed by atoms with Crippen LogP contribution < -0.4 is 0 Å². The summed E-state index contributed by atoms with van der Waals surface area (Å²) >= 11 is 0. The zero-order chi connectivity index (χ0) is 18.7. The number of rotatable bonds is 3. The summed E-state index contributed by atoms with van der Waals surface area (Å²) in [5, 5.41) is 30.7. The summed E-state index contributed by atoms with van der Waals surface area (Å²) < 4.78 is 0. The molecule has 3 N–H and O–H groups in total. The highest BCUT2D eigenvalue weighted by molar-refractivity contribution is 5.87. The Balaban J connectivity index is 1.69. The van der Waals surface area contributed by atoms with E-state index in [-0.39, 0.29) is 35.1 Å². The molecular weight excluding hydrogens is 332 g/mol. The van der Waals surface area contributed by atoms with Crippen LogP contribution in [0.3, 0.4) is 0 Å². The van der Waals surface area contributed by atoms with Crippen molar-refractivity contribution in [2.75, 3.05) is 6.61 Å². The molecule has 146 valence electrons. The number of hydrogen-bond acceptors (Lipinski definition) is 5. The molecule has 0 spiro atoms. The summed E-state index contributed by atoms with van der Waals surface area (Å²) in [5.74, 6) is 0.294. The molecule has 0 saturated heterocycles. The molecule has 0 bridgehead atoms. The van der Waals surface area contributed by atoms with E-state index in [4.69, 9.17) is 0 Å². The lowest BCUT2D eigenvalue weighted by Crippen LogP contribution is -2.60. The molecule has 4 aliphatic rings. The van der Waals surface area contributed by atoms with Crippen molar-refractivity contribution in [1.82, 2.24) is 0 Å². The normalized spacial score (nSPS) is 53.3. The molecular formula is C21H32O5. The molecule has 0 heterocycles. The first kappa shape index (κ1) is 18.6. The van der Waals surface area contributed by atoms with Crippen LogP contribution in [0.25, 0.3) is 0 Å². The van der Waals surface area contributed by atoms with E-state index >= 15 is 0 Å². The summed E-state index contributed by atoms with van der Waals surface area (Å²) in [6.45, 7) is 1.76. The van der Waals surface area contributed by atoms with Crippen LogP contribution in [0.2, 0.25) is 0 Å². The van der Waals surface area contributed by atoms with Crippen LogP contribution >= 0.6 is 0 Å². The number of carbonyl (C=O) groups is 2. The molecule has 0 aromatic carbocycles. The topological polar surface area (TPSA) is 94.8 Å². The summed E-state index contributed by atoms with van der Waals surface area (Å²) in [6, 6.07) is 0. The Hall–Kier alpha value is -0.780. The van der Waals surface area contributed by atoms with Gasteiger partial charge in [0.15, 0.2) is 5.78 Å². The second kappa shape index (κ2) is 6.39. The highest BCUT2D eigenvalue weighted by atomic mass is 16.3. The summed E-state index contributed by atoms with van der Waals surface area (Å²) in [5.41, 5.74) is -0.784. The van der Waals surface area contributed by atoms with E-state index in [2.05, 4.69) is 6.92 Å². The second-order valence-electron chi connectivity index (χ2n) is 9.76. The van der Waals surface area contributed by atoms with E-state index in [1.807, 2.05) is 0 Å². The Morgan fingerprint density at radius 1 is 1.15 bits per heavy atom. The molecule has 0 radical (unpaired) electrons. The zero-order valence-corrected chi connectivity index (χ0v) is 15.6. The zero-order valence-electron chi connectivity index (χ0n) is 15.6. The third-order valence-corrected chi connectivity index (χ3v) is 8.94. The van der Waals surface area contributed by atoms with E-state index < -0.39 is 24.0 Å². The van der Waals surface area contributed by atoms with Crippen molar-refractivity contribution in [2.45, 2.75) is 70.5 Å². The lowest BCUT2D eigenvalue weighted by Gasteiger charge is -2.61. The number of ketones is 1. The highest BCUT2D eigenvalue weighted by Gasteiger charge is 2.65. The number of aliphatic hydroxyl groups excluding tert-OH is 3. The van der Waals surface area contributed by atoms with Crippen LogP contribution in [0.15, 0.2) is 0 Å². The minimum Gasteiger partial charge on any atom is -0.393 e. The monoisotopic (exact) mass is 364 g/mol. The third kappa shape index (κ3) is 2.39. The fourth-order valence-electron chi connectivity index (χ4n) is 7.85. The largest absolute Gasteiger partial charge is 0.393 e. The van der Waals surface area contributed by atoms with Crippen molar-refractivity contribution in [2.24, 2.45) is 40.4 Å². The molecule has 26 heavy (non-hydrogen) atoms. The Bertz CT molecular complexity index is 591. The van der Waals surface area contributed by atoms with Gasteiger partial charge in [-0.1, -0.05) is 6.92 Å². The van der Waals surface area contributed by atoms with Crippen LogP contribution in [0.5, 0.6) is 0 Å². The van der Waals surface area contributed by atoms with E-state index in [1.165, 1.54) is 0 Å². The van der Waals surface area contributed by atoms with Crippen LogP contribution in [0.1, 0.15) is 58.3 Å². The van der Waals surface area contributed by atoms with Gasteiger partial charge in [-0.15, -0.1) is 0 Å². The van der Waals surface area contributed by atoms with Crippen LogP contribution in [-0.4, -0.2) is 46.2 Å². The Morgan fingerprint density at radius 2 is 1.92 bits per heavy atom. The average Bonchev–Trinajstić information content (AvgIpc) is 3.00. The highest BCUT2D eigenvalue weighted by Crippen LogP contribution is 2.67. The predicted molar refractivity (Wildman–Crippen MR) is 95.1 cm³/mol. The van der Waals surface area contributed by atoms with Gasteiger partial charge in [0.25, 0.3) is 0 Å². The molecule has 4 fully saturated rings. The lowest BCUT2D eigenvalue weighted by molar-refractivity contribution is -0.182. The molecule has 9 atom stereocenters. The third-order valence-electron chi connectivity index (χ3n) is 8.94. The van der Waals surface area contributed by atoms with Gasteiger partial charge in [0.05, 0.1) is 12.2 Å². The van der Waals surface area contributed by atoms with Crippen molar-refractivity contribution in [1.29, 1.82) is 0 Å². The van der Waals surface area contributed by atoms with Gasteiger partial charge in [-0.2, -0.15) is 0 Å². The molecule has 0 aromatic heterocycles. The molecule has 4 saturated carbocycles. The van der Waals surface area contributed by atoms with Crippen molar-refractivity contribution in [3.8, 4) is 0 Å². The van der Waals surface area contributed by atoms with Gasteiger partial charge >= 0.3 is 0 Å². The summed E-state index contributed by atoms with van der Waals surface area (Å²) in [7, 11) is 0. The molecule has 4 rings (SSSR count). The van der Waals surface area contributed by atoms with Gasteiger partial charge in [0.1, 0.15) is 12.9 Å². The molecule has 0 amide bonds. The molecule has 0 aliphatic heterocycles. The van der Waals surface area contributed by atoms with Gasteiger partial charge < -0.3 is 20.1 Å². The Kier molecular flexibility index (Phi) is 4.56. The SMILES string of the molecule is C[C@]12CC[C@@H](O)C[C@H]1CC[C@H]1[C@@H]3CCC(C(=O)CO)C3(C=O)CC(O)[C@@H]12. The van der Waals surface area contributed by atoms with Crippen LogP contribution in [-0.2, 0) is 9.59 Å². The predicted octanol–water partition coefficient (Wildman–Crippen LogP) is 1.72. The molecule has 3 unspecified atom stereocenters. The van der Waals surface area contributed by atoms with Gasteiger partial charge in [0, 0.05) is 11.3 Å². The minimum atomic E-state index is -0.794. The van der Waals surface area contributed by atoms with Gasteiger partial charge in [-0.05, 0) is 80.5 Å². The maximum atomic E-state index is 12.3. The molecule has 5 heteroatoms. The molecule has 5 nitrogen and oxygen atoms in total. The van der Waals surface area contributed by atoms with Gasteiger partial charge in [-0.3, -0.25) is 4.79 Å². The maximum Gasteiger partial charge on any atom is 0.162 e. The summed E-state index contributed by atoms with van der Waals surface area (Å²) in [6.07, 6.45) is 6.51. The number of fused-ring (bicyclic) bond motifs is 5. The molecule has 0 aromatic rings. The maximum absolute atomic E-state index is 12.3. The van der Waals surface area contributed by atoms with Crippen molar-refractivity contribution in [3.63, 3.8) is 0 Å². The van der Waals surface area contributed by atoms with E-state index in [9.17, 15) is 24.9 Å². The minimum absolute atomic E-state index is 0.00960. The Morgan fingerprint density at radius 3 is 2.62 bits per heavy atom. The number of Topliss-reactive ketones (excluding diaryl/α,β-unsaturated/α-hetero) is 1. The number of hydrogen-bond donors (Lipinski definition) is 3. The van der Waals surface area contributed by atoms with Crippen LogP contribution in [0.4, 0.5) is 0 Å². The summed E-state index contributed by atoms with van der Waals surface area (Å²) in [4.78, 5) is 24.6. The van der Waals surface area contributed by atoms with Gasteiger partial charge in [0.2, 0.25) is 0 Å². The van der Waals surface area contributed by atoms with Crippen molar-refractivity contribution in [3.05, 3.63) is 0 Å². The van der Waals surface area contributed by atoms with E-state index in [0.717, 1.165) is 44.8 Å². The van der Waals surface area contributed by atoms with Crippen molar-refractivity contribution < 1.29 is 24.9 Å². The number of aliphatic hydroxyl groups is 3. The van der Waals surface area contributed by atoms with Gasteiger partial charge in [-0.25, -0.2) is 0 Å². The second-order valence-corrected chi connectivity index (χ2v) is 9.76. The first-order valence-corrected chi connectivity index (χ1v) is 10.3. The van der Waals surface area contributed by atoms with Crippen LogP contribution in [0, 0.1) is 40.4 Å². The smallest absolute Gasteiger partial charge is 0.162 e. The number of carbonyl (C=O) groups excluding carboxylic acids is 2. The fraction of sp³-hybridized carbons (Fsp3) is 0.905. The fourth-order valence-corrected chi connectivity index (χ4v) is 7.85. The van der Waals surface area contributed by atoms with E-state index in [1.54, 1.807) is 0 Å². The Labute approximate surface area is 155 Å². The first-order valence-electron chi connectivity index (χ1n) is 10.3. The molecule has 4 aliphatic carbocycles. The standard InChI is InChI=1S/C21H32O5/c1-20-7-6-13(24)8-12(20)2-3-14-15-4-5-16(18(26)10-22)21(15,11-23)9-17(25)19(14)20/h11-17,19,22,24-25H,2-10H2,1H3/t12-,13-,14+,15+,16?,17?,19-,20+,21?/m1/s1.